The Bertz CT molecular complexity index is 259. The van der Waals surface area contributed by atoms with E-state index in [9.17, 15) is 9.59 Å². The molecule has 0 bridgehead atoms. The Hall–Kier alpha value is -1.10. The van der Waals surface area contributed by atoms with Crippen LogP contribution in [0.2, 0.25) is 0 Å². The molecule has 0 aliphatic carbocycles. The van der Waals surface area contributed by atoms with Crippen molar-refractivity contribution in [1.29, 1.82) is 0 Å². The molecular weight excluding hydrogens is 210 g/mol. The van der Waals surface area contributed by atoms with Crippen molar-refractivity contribution >= 4 is 11.9 Å². The molecule has 0 aromatic carbocycles. The summed E-state index contributed by atoms with van der Waals surface area (Å²) in [6.45, 7) is 4.72. The molecule has 0 radical (unpaired) electrons. The molecule has 1 rings (SSSR count). The van der Waals surface area contributed by atoms with Gasteiger partial charge < -0.3 is 15.2 Å². The number of carbonyl (C=O) groups excluding carboxylic acids is 1. The van der Waals surface area contributed by atoms with Gasteiger partial charge in [-0.25, -0.2) is 4.79 Å². The smallest absolute Gasteiger partial charge is 0.326 e. The van der Waals surface area contributed by atoms with E-state index in [2.05, 4.69) is 5.32 Å². The monoisotopic (exact) mass is 229 g/mol. The van der Waals surface area contributed by atoms with Crippen molar-refractivity contribution in [1.82, 2.24) is 5.32 Å². The van der Waals surface area contributed by atoms with Crippen LogP contribution in [0.5, 0.6) is 0 Å². The van der Waals surface area contributed by atoms with Crippen LogP contribution in [0.15, 0.2) is 0 Å². The van der Waals surface area contributed by atoms with E-state index >= 15 is 0 Å². The second-order valence-corrected chi connectivity index (χ2v) is 4.46. The molecule has 1 unspecified atom stereocenters. The lowest BCUT2D eigenvalue weighted by Crippen LogP contribution is -2.47. The van der Waals surface area contributed by atoms with Crippen LogP contribution in [0.4, 0.5) is 0 Å². The molecule has 1 atom stereocenters. The highest BCUT2D eigenvalue weighted by Gasteiger charge is 2.28. The quantitative estimate of drug-likeness (QED) is 0.741. The zero-order valence-electron chi connectivity index (χ0n) is 9.73. The molecule has 16 heavy (non-hydrogen) atoms. The topological polar surface area (TPSA) is 75.6 Å². The number of carbonyl (C=O) groups is 2. The highest BCUT2D eigenvalue weighted by molar-refractivity contribution is 5.85. The van der Waals surface area contributed by atoms with E-state index in [1.807, 2.05) is 0 Å². The SMILES string of the molecule is CC(C)C(NC(=O)C1CCOCC1)C(=O)O. The zero-order valence-corrected chi connectivity index (χ0v) is 9.73. The van der Waals surface area contributed by atoms with Crippen molar-refractivity contribution in [3.63, 3.8) is 0 Å². The standard InChI is InChI=1S/C11H19NO4/c1-7(2)9(11(14)15)12-10(13)8-3-5-16-6-4-8/h7-9H,3-6H2,1-2H3,(H,12,13)(H,14,15). The second kappa shape index (κ2) is 5.84. The fourth-order valence-electron chi connectivity index (χ4n) is 1.74. The number of ether oxygens (including phenoxy) is 1. The highest BCUT2D eigenvalue weighted by atomic mass is 16.5. The van der Waals surface area contributed by atoms with Gasteiger partial charge in [-0.15, -0.1) is 0 Å². The first-order valence-electron chi connectivity index (χ1n) is 5.63. The lowest BCUT2D eigenvalue weighted by atomic mass is 9.97. The van der Waals surface area contributed by atoms with Crippen molar-refractivity contribution in [2.24, 2.45) is 11.8 Å². The first-order chi connectivity index (χ1) is 7.52. The summed E-state index contributed by atoms with van der Waals surface area (Å²) in [6.07, 6.45) is 1.35. The molecule has 0 aromatic heterocycles. The van der Waals surface area contributed by atoms with E-state index < -0.39 is 12.0 Å². The summed E-state index contributed by atoms with van der Waals surface area (Å²) >= 11 is 0. The third kappa shape index (κ3) is 3.48. The first-order valence-corrected chi connectivity index (χ1v) is 5.63. The van der Waals surface area contributed by atoms with Gasteiger partial charge in [-0.2, -0.15) is 0 Å². The van der Waals surface area contributed by atoms with Gasteiger partial charge in [-0.1, -0.05) is 13.8 Å². The predicted molar refractivity (Wildman–Crippen MR) is 57.9 cm³/mol. The molecule has 1 aliphatic heterocycles. The minimum Gasteiger partial charge on any atom is -0.480 e. The highest BCUT2D eigenvalue weighted by Crippen LogP contribution is 2.15. The average molecular weight is 229 g/mol. The first kappa shape index (κ1) is 13.0. The van der Waals surface area contributed by atoms with Crippen LogP contribution in [-0.2, 0) is 14.3 Å². The van der Waals surface area contributed by atoms with Crippen molar-refractivity contribution in [3.8, 4) is 0 Å². The van der Waals surface area contributed by atoms with Gasteiger partial charge in [-0.05, 0) is 18.8 Å². The van der Waals surface area contributed by atoms with Gasteiger partial charge in [0.2, 0.25) is 5.91 Å². The van der Waals surface area contributed by atoms with Gasteiger partial charge >= 0.3 is 5.97 Å². The molecule has 1 fully saturated rings. The number of carboxylic acid groups (broad SMARTS) is 1. The predicted octanol–water partition coefficient (Wildman–Crippen LogP) is 0.638. The van der Waals surface area contributed by atoms with Gasteiger partial charge in [0.1, 0.15) is 6.04 Å². The van der Waals surface area contributed by atoms with E-state index in [-0.39, 0.29) is 17.7 Å². The lowest BCUT2D eigenvalue weighted by molar-refractivity contribution is -0.144. The largest absolute Gasteiger partial charge is 0.480 e. The molecule has 0 spiro atoms. The molecule has 92 valence electrons. The number of amides is 1. The fraction of sp³-hybridized carbons (Fsp3) is 0.818. The third-order valence-corrected chi connectivity index (χ3v) is 2.82. The van der Waals surface area contributed by atoms with E-state index in [4.69, 9.17) is 9.84 Å². The van der Waals surface area contributed by atoms with Crippen molar-refractivity contribution < 1.29 is 19.4 Å². The van der Waals surface area contributed by atoms with E-state index in [1.54, 1.807) is 13.8 Å². The van der Waals surface area contributed by atoms with Gasteiger partial charge in [0.25, 0.3) is 0 Å². The van der Waals surface area contributed by atoms with Crippen LogP contribution < -0.4 is 5.32 Å². The molecule has 2 N–H and O–H groups in total. The number of hydrogen-bond acceptors (Lipinski definition) is 3. The van der Waals surface area contributed by atoms with Crippen LogP contribution in [0.25, 0.3) is 0 Å². The minimum atomic E-state index is -0.976. The molecule has 1 aliphatic rings. The number of nitrogens with one attached hydrogen (secondary N) is 1. The van der Waals surface area contributed by atoms with Gasteiger partial charge in [0.15, 0.2) is 0 Å². The minimum absolute atomic E-state index is 0.102. The van der Waals surface area contributed by atoms with E-state index in [0.29, 0.717) is 26.1 Å². The summed E-state index contributed by atoms with van der Waals surface area (Å²) in [5.41, 5.74) is 0. The second-order valence-electron chi connectivity index (χ2n) is 4.46. The Morgan fingerprint density at radius 1 is 1.31 bits per heavy atom. The molecule has 0 saturated carbocycles. The van der Waals surface area contributed by atoms with Crippen molar-refractivity contribution in [2.75, 3.05) is 13.2 Å². The van der Waals surface area contributed by atoms with E-state index in [0.717, 1.165) is 0 Å². The maximum atomic E-state index is 11.8. The Kier molecular flexibility index (Phi) is 4.73. The number of hydrogen-bond donors (Lipinski definition) is 2. The van der Waals surface area contributed by atoms with Crippen LogP contribution in [-0.4, -0.2) is 36.2 Å². The van der Waals surface area contributed by atoms with Gasteiger partial charge in [0.05, 0.1) is 0 Å². The molecule has 5 nitrogen and oxygen atoms in total. The van der Waals surface area contributed by atoms with Crippen LogP contribution in [0, 0.1) is 11.8 Å². The Morgan fingerprint density at radius 3 is 2.31 bits per heavy atom. The normalized spacial score (nSPS) is 19.4. The molecule has 1 heterocycles. The van der Waals surface area contributed by atoms with Crippen LogP contribution in [0.1, 0.15) is 26.7 Å². The lowest BCUT2D eigenvalue weighted by Gasteiger charge is -2.24. The zero-order chi connectivity index (χ0) is 12.1. The summed E-state index contributed by atoms with van der Waals surface area (Å²) in [4.78, 5) is 22.7. The maximum absolute atomic E-state index is 11.8. The summed E-state index contributed by atoms with van der Waals surface area (Å²) < 4.78 is 5.15. The number of carboxylic acids is 1. The average Bonchev–Trinajstić information content (AvgIpc) is 2.25. The van der Waals surface area contributed by atoms with Gasteiger partial charge in [0, 0.05) is 19.1 Å². The fourth-order valence-corrected chi connectivity index (χ4v) is 1.74. The molecular formula is C11H19NO4. The Morgan fingerprint density at radius 2 is 1.88 bits per heavy atom. The van der Waals surface area contributed by atoms with Crippen molar-refractivity contribution in [2.45, 2.75) is 32.7 Å². The van der Waals surface area contributed by atoms with E-state index in [1.165, 1.54) is 0 Å². The summed E-state index contributed by atoms with van der Waals surface area (Å²) in [7, 11) is 0. The Labute approximate surface area is 95.2 Å². The number of rotatable bonds is 4. The maximum Gasteiger partial charge on any atom is 0.326 e. The number of aliphatic carboxylic acids is 1. The summed E-state index contributed by atoms with van der Waals surface area (Å²) in [5.74, 6) is -1.35. The van der Waals surface area contributed by atoms with Gasteiger partial charge in [-0.3, -0.25) is 4.79 Å². The molecule has 1 amide bonds. The third-order valence-electron chi connectivity index (χ3n) is 2.82. The Balaban J connectivity index is 2.50. The van der Waals surface area contributed by atoms with Crippen LogP contribution >= 0.6 is 0 Å². The molecule has 5 heteroatoms. The summed E-state index contributed by atoms with van der Waals surface area (Å²) in [6, 6.07) is -0.796. The summed E-state index contributed by atoms with van der Waals surface area (Å²) in [5, 5.41) is 11.5. The molecule has 0 aromatic rings. The van der Waals surface area contributed by atoms with Crippen LogP contribution in [0.3, 0.4) is 0 Å². The molecule has 1 saturated heterocycles. The van der Waals surface area contributed by atoms with Crippen molar-refractivity contribution in [3.05, 3.63) is 0 Å².